The standard InChI is InChI=1S/C18H16F2N4O3S2/c1-9-6-13(22-11(3)25)8-21-17(9)29(26,27)24-18-23-16(10(2)28-18)12-4-5-14(19)15(20)7-12/h4-8H,1-3H3,(H,22,25)(H,23,24). The van der Waals surface area contributed by atoms with Gasteiger partial charge in [-0.2, -0.15) is 8.42 Å². The number of hydrogen-bond acceptors (Lipinski definition) is 6. The molecule has 0 unspecified atom stereocenters. The molecule has 11 heteroatoms. The Kier molecular flexibility index (Phi) is 5.62. The smallest absolute Gasteiger partial charge is 0.281 e. The van der Waals surface area contributed by atoms with Crippen LogP contribution in [0, 0.1) is 25.5 Å². The zero-order valence-electron chi connectivity index (χ0n) is 15.6. The van der Waals surface area contributed by atoms with E-state index in [4.69, 9.17) is 0 Å². The fraction of sp³-hybridized carbons (Fsp3) is 0.167. The minimum absolute atomic E-state index is 0.0642. The lowest BCUT2D eigenvalue weighted by atomic mass is 10.1. The Hall–Kier alpha value is -2.92. The second-order valence-corrected chi connectivity index (χ2v) is 8.99. The molecule has 29 heavy (non-hydrogen) atoms. The monoisotopic (exact) mass is 438 g/mol. The molecule has 1 aromatic carbocycles. The first-order chi connectivity index (χ1) is 13.6. The van der Waals surface area contributed by atoms with Crippen LogP contribution in [0.15, 0.2) is 35.5 Å². The molecule has 3 aromatic rings. The van der Waals surface area contributed by atoms with E-state index in [2.05, 4.69) is 20.0 Å². The number of carbonyl (C=O) groups is 1. The average Bonchev–Trinajstić information content (AvgIpc) is 2.96. The largest absolute Gasteiger partial charge is 0.325 e. The lowest BCUT2D eigenvalue weighted by molar-refractivity contribution is -0.114. The van der Waals surface area contributed by atoms with Crippen molar-refractivity contribution in [2.45, 2.75) is 25.8 Å². The van der Waals surface area contributed by atoms with E-state index < -0.39 is 21.7 Å². The summed E-state index contributed by atoms with van der Waals surface area (Å²) in [5.74, 6) is -2.30. The van der Waals surface area contributed by atoms with E-state index in [0.29, 0.717) is 27.4 Å². The quantitative estimate of drug-likeness (QED) is 0.630. The van der Waals surface area contributed by atoms with Crippen LogP contribution in [0.25, 0.3) is 11.3 Å². The first-order valence-corrected chi connectivity index (χ1v) is 10.6. The summed E-state index contributed by atoms with van der Waals surface area (Å²) >= 11 is 1.06. The molecule has 0 aliphatic heterocycles. The summed E-state index contributed by atoms with van der Waals surface area (Å²) < 4.78 is 54.4. The molecule has 2 N–H and O–H groups in total. The van der Waals surface area contributed by atoms with Crippen molar-refractivity contribution in [3.05, 3.63) is 52.5 Å². The second-order valence-electron chi connectivity index (χ2n) is 6.19. The Morgan fingerprint density at radius 2 is 1.86 bits per heavy atom. The van der Waals surface area contributed by atoms with Gasteiger partial charge in [0.25, 0.3) is 10.0 Å². The van der Waals surface area contributed by atoms with Crippen molar-refractivity contribution in [3.63, 3.8) is 0 Å². The molecule has 7 nitrogen and oxygen atoms in total. The number of thiazole rings is 1. The average molecular weight is 438 g/mol. The zero-order valence-corrected chi connectivity index (χ0v) is 17.2. The van der Waals surface area contributed by atoms with Crippen LogP contribution in [0.4, 0.5) is 19.6 Å². The first kappa shape index (κ1) is 20.8. The molecule has 0 aliphatic carbocycles. The van der Waals surface area contributed by atoms with Gasteiger partial charge in [0.2, 0.25) is 5.91 Å². The number of aromatic nitrogens is 2. The molecule has 1 amide bonds. The highest BCUT2D eigenvalue weighted by atomic mass is 32.2. The van der Waals surface area contributed by atoms with Crippen LogP contribution in [-0.4, -0.2) is 24.3 Å². The Morgan fingerprint density at radius 3 is 2.48 bits per heavy atom. The molecular weight excluding hydrogens is 422 g/mol. The Labute approximate surface area is 169 Å². The van der Waals surface area contributed by atoms with E-state index in [1.807, 2.05) is 0 Å². The predicted molar refractivity (Wildman–Crippen MR) is 106 cm³/mol. The molecule has 2 aromatic heterocycles. The number of benzene rings is 1. The number of carbonyl (C=O) groups excluding carboxylic acids is 1. The van der Waals surface area contributed by atoms with E-state index in [0.717, 1.165) is 23.5 Å². The molecular formula is C18H16F2N4O3S2. The highest BCUT2D eigenvalue weighted by Gasteiger charge is 2.22. The molecule has 0 saturated heterocycles. The fourth-order valence-corrected chi connectivity index (χ4v) is 4.86. The molecule has 0 saturated carbocycles. The number of halogens is 2. The van der Waals surface area contributed by atoms with Crippen LogP contribution in [0.1, 0.15) is 17.4 Å². The number of anilines is 2. The van der Waals surface area contributed by atoms with E-state index in [9.17, 15) is 22.0 Å². The van der Waals surface area contributed by atoms with Gasteiger partial charge in [-0.15, -0.1) is 11.3 Å². The summed E-state index contributed by atoms with van der Waals surface area (Å²) in [6, 6.07) is 4.84. The third-order valence-electron chi connectivity index (χ3n) is 3.82. The molecule has 0 bridgehead atoms. The Balaban J connectivity index is 1.89. The van der Waals surface area contributed by atoms with Crippen molar-refractivity contribution in [1.82, 2.24) is 9.97 Å². The van der Waals surface area contributed by atoms with Crippen molar-refractivity contribution in [3.8, 4) is 11.3 Å². The van der Waals surface area contributed by atoms with Crippen molar-refractivity contribution in [1.29, 1.82) is 0 Å². The number of rotatable bonds is 5. The lowest BCUT2D eigenvalue weighted by Gasteiger charge is -2.09. The SMILES string of the molecule is CC(=O)Nc1cnc(S(=O)(=O)Nc2nc(-c3ccc(F)c(F)c3)c(C)s2)c(C)c1. The number of aryl methyl sites for hydroxylation is 2. The van der Waals surface area contributed by atoms with Crippen LogP contribution < -0.4 is 10.0 Å². The number of sulfonamides is 1. The minimum Gasteiger partial charge on any atom is -0.325 e. The van der Waals surface area contributed by atoms with Gasteiger partial charge >= 0.3 is 0 Å². The van der Waals surface area contributed by atoms with Gasteiger partial charge in [0.15, 0.2) is 21.8 Å². The van der Waals surface area contributed by atoms with E-state index >= 15 is 0 Å². The molecule has 2 heterocycles. The summed E-state index contributed by atoms with van der Waals surface area (Å²) in [7, 11) is -4.05. The summed E-state index contributed by atoms with van der Waals surface area (Å²) in [4.78, 5) is 19.9. The van der Waals surface area contributed by atoms with Gasteiger partial charge in [0.1, 0.15) is 0 Å². The highest BCUT2D eigenvalue weighted by Crippen LogP contribution is 2.32. The van der Waals surface area contributed by atoms with Gasteiger partial charge in [-0.3, -0.25) is 9.52 Å². The lowest BCUT2D eigenvalue weighted by Crippen LogP contribution is -2.16. The van der Waals surface area contributed by atoms with Crippen LogP contribution in [0.2, 0.25) is 0 Å². The zero-order chi connectivity index (χ0) is 21.3. The van der Waals surface area contributed by atoms with Crippen molar-refractivity contribution >= 4 is 38.1 Å². The van der Waals surface area contributed by atoms with E-state index in [1.54, 1.807) is 13.8 Å². The normalized spacial score (nSPS) is 11.3. The van der Waals surface area contributed by atoms with Gasteiger partial charge in [-0.1, -0.05) is 0 Å². The van der Waals surface area contributed by atoms with Gasteiger partial charge in [0.05, 0.1) is 17.6 Å². The third kappa shape index (κ3) is 4.57. The van der Waals surface area contributed by atoms with Gasteiger partial charge in [-0.05, 0) is 43.7 Å². The second kappa shape index (κ2) is 7.84. The predicted octanol–water partition coefficient (Wildman–Crippen LogP) is 3.86. The number of hydrogen-bond donors (Lipinski definition) is 2. The Morgan fingerprint density at radius 1 is 1.14 bits per heavy atom. The molecule has 152 valence electrons. The first-order valence-electron chi connectivity index (χ1n) is 8.26. The number of amides is 1. The van der Waals surface area contributed by atoms with Crippen LogP contribution in [-0.2, 0) is 14.8 Å². The van der Waals surface area contributed by atoms with Gasteiger partial charge in [0, 0.05) is 17.4 Å². The molecule has 3 rings (SSSR count). The topological polar surface area (TPSA) is 101 Å². The summed E-state index contributed by atoms with van der Waals surface area (Å²) in [6.07, 6.45) is 1.24. The number of nitrogens with zero attached hydrogens (tertiary/aromatic N) is 2. The molecule has 0 atom stereocenters. The highest BCUT2D eigenvalue weighted by molar-refractivity contribution is 7.92. The number of nitrogens with one attached hydrogen (secondary N) is 2. The Bertz CT molecular complexity index is 1210. The van der Waals surface area contributed by atoms with Gasteiger partial charge < -0.3 is 5.32 Å². The summed E-state index contributed by atoms with van der Waals surface area (Å²) in [5, 5.41) is 2.38. The minimum atomic E-state index is -4.05. The van der Waals surface area contributed by atoms with Crippen LogP contribution >= 0.6 is 11.3 Å². The van der Waals surface area contributed by atoms with Crippen molar-refractivity contribution in [2.24, 2.45) is 0 Å². The third-order valence-corrected chi connectivity index (χ3v) is 6.23. The van der Waals surface area contributed by atoms with Crippen molar-refractivity contribution < 1.29 is 22.0 Å². The van der Waals surface area contributed by atoms with Crippen molar-refractivity contribution in [2.75, 3.05) is 10.0 Å². The van der Waals surface area contributed by atoms with Gasteiger partial charge in [-0.25, -0.2) is 18.7 Å². The maximum atomic E-state index is 13.5. The number of pyridine rings is 1. The fourth-order valence-electron chi connectivity index (χ4n) is 2.63. The van der Waals surface area contributed by atoms with Crippen LogP contribution in [0.3, 0.4) is 0 Å². The van der Waals surface area contributed by atoms with E-state index in [-0.39, 0.29) is 16.1 Å². The maximum absolute atomic E-state index is 13.5. The maximum Gasteiger partial charge on any atom is 0.281 e. The molecule has 0 fully saturated rings. The van der Waals surface area contributed by atoms with E-state index in [1.165, 1.54) is 25.3 Å². The molecule has 0 spiro atoms. The molecule has 0 aliphatic rings. The van der Waals surface area contributed by atoms with Crippen LogP contribution in [0.5, 0.6) is 0 Å². The molecule has 0 radical (unpaired) electrons. The summed E-state index contributed by atoms with van der Waals surface area (Å²) in [5.41, 5.74) is 1.38. The summed E-state index contributed by atoms with van der Waals surface area (Å²) in [6.45, 7) is 4.57.